The van der Waals surface area contributed by atoms with Crippen molar-refractivity contribution in [2.24, 2.45) is 0 Å². The van der Waals surface area contributed by atoms with Gasteiger partial charge in [0.1, 0.15) is 0 Å². The molecule has 0 aliphatic carbocycles. The molecule has 120 valence electrons. The second-order valence-corrected chi connectivity index (χ2v) is 5.63. The number of fused-ring (bicyclic) bond motifs is 3. The summed E-state index contributed by atoms with van der Waals surface area (Å²) in [6.07, 6.45) is 1.32. The number of rotatable bonds is 3. The summed E-state index contributed by atoms with van der Waals surface area (Å²) in [6.45, 7) is 5.52. The average Bonchev–Trinajstić information content (AvgIpc) is 2.84. The molecule has 6 nitrogen and oxygen atoms in total. The summed E-state index contributed by atoms with van der Waals surface area (Å²) in [5.41, 5.74) is 9.28. The molecule has 0 atom stereocenters. The van der Waals surface area contributed by atoms with Crippen molar-refractivity contribution in [2.75, 3.05) is 5.73 Å². The van der Waals surface area contributed by atoms with Crippen molar-refractivity contribution >= 4 is 33.6 Å². The quantitative estimate of drug-likeness (QED) is 0.567. The lowest BCUT2D eigenvalue weighted by molar-refractivity contribution is 0.0713. The van der Waals surface area contributed by atoms with E-state index in [2.05, 4.69) is 9.97 Å². The molecule has 0 unspecified atom stereocenters. The molecule has 1 aromatic carbocycles. The van der Waals surface area contributed by atoms with Gasteiger partial charge in [0.15, 0.2) is 0 Å². The van der Waals surface area contributed by atoms with Crippen molar-refractivity contribution in [1.82, 2.24) is 9.97 Å². The normalized spacial score (nSPS) is 11.3. The Labute approximate surface area is 133 Å². The van der Waals surface area contributed by atoms with Crippen LogP contribution in [0.25, 0.3) is 21.8 Å². The number of aryl methyl sites for hydroxylation is 1. The molecule has 0 aliphatic rings. The van der Waals surface area contributed by atoms with E-state index in [1.165, 1.54) is 0 Å². The number of nitrogens with one attached hydrogen (secondary N) is 1. The molecular formula is C17H19N3O3. The first-order valence-electron chi connectivity index (χ1n) is 7.56. The largest absolute Gasteiger partial charge is 0.515 e. The number of benzene rings is 1. The van der Waals surface area contributed by atoms with Crippen LogP contribution < -0.4 is 10.5 Å². The second-order valence-electron chi connectivity index (χ2n) is 5.63. The second kappa shape index (κ2) is 5.79. The number of nitrogen functional groups attached to an aromatic ring is 1. The van der Waals surface area contributed by atoms with Gasteiger partial charge >= 0.3 is 6.16 Å². The summed E-state index contributed by atoms with van der Waals surface area (Å²) in [6, 6.07) is 5.68. The van der Waals surface area contributed by atoms with Crippen molar-refractivity contribution in [3.05, 3.63) is 30.0 Å². The van der Waals surface area contributed by atoms with Gasteiger partial charge in [0.25, 0.3) is 0 Å². The van der Waals surface area contributed by atoms with E-state index in [9.17, 15) is 4.79 Å². The topological polar surface area (TPSA) is 90.2 Å². The van der Waals surface area contributed by atoms with Crippen LogP contribution in [0.2, 0.25) is 0 Å². The van der Waals surface area contributed by atoms with E-state index in [1.807, 2.05) is 25.1 Å². The van der Waals surface area contributed by atoms with Gasteiger partial charge in [0.2, 0.25) is 5.88 Å². The molecule has 6 heteroatoms. The molecular weight excluding hydrogens is 294 g/mol. The highest BCUT2D eigenvalue weighted by atomic mass is 16.7. The van der Waals surface area contributed by atoms with E-state index >= 15 is 0 Å². The fourth-order valence-corrected chi connectivity index (χ4v) is 2.67. The number of nitrogens with zero attached hydrogens (tertiary/aromatic N) is 1. The Morgan fingerprint density at radius 1 is 1.35 bits per heavy atom. The Morgan fingerprint density at radius 3 is 2.83 bits per heavy atom. The Balaban J connectivity index is 2.14. The number of anilines is 1. The lowest BCUT2D eigenvalue weighted by Crippen LogP contribution is -2.17. The highest BCUT2D eigenvalue weighted by Crippen LogP contribution is 2.33. The zero-order valence-electron chi connectivity index (χ0n) is 13.3. The van der Waals surface area contributed by atoms with Crippen LogP contribution in [0.5, 0.6) is 5.88 Å². The van der Waals surface area contributed by atoms with E-state index in [0.29, 0.717) is 12.1 Å². The molecule has 0 aliphatic heterocycles. The number of carbonyl (C=O) groups is 1. The minimum absolute atomic E-state index is 0.246. The predicted octanol–water partition coefficient (Wildman–Crippen LogP) is 3.78. The van der Waals surface area contributed by atoms with E-state index in [1.54, 1.807) is 20.0 Å². The molecule has 23 heavy (non-hydrogen) atoms. The Kier molecular flexibility index (Phi) is 3.82. The smallest absolute Gasteiger partial charge is 0.431 e. The fourth-order valence-electron chi connectivity index (χ4n) is 2.67. The summed E-state index contributed by atoms with van der Waals surface area (Å²) in [5, 5.41) is 1.96. The summed E-state index contributed by atoms with van der Waals surface area (Å²) >= 11 is 0. The molecule has 3 N–H and O–H groups in total. The Hall–Kier alpha value is -2.76. The number of aromatic nitrogens is 2. The van der Waals surface area contributed by atoms with Gasteiger partial charge in [0, 0.05) is 27.5 Å². The first-order valence-corrected chi connectivity index (χ1v) is 7.56. The predicted molar refractivity (Wildman–Crippen MR) is 89.6 cm³/mol. The number of aromatic amines is 1. The SMILES string of the molecule is CCc1c(OC(=O)OC(C)C)ncc2[nH]c3ccc(N)cc3c12. The van der Waals surface area contributed by atoms with Crippen LogP contribution in [0, 0.1) is 0 Å². The summed E-state index contributed by atoms with van der Waals surface area (Å²) in [7, 11) is 0. The van der Waals surface area contributed by atoms with Crippen molar-refractivity contribution < 1.29 is 14.3 Å². The van der Waals surface area contributed by atoms with Gasteiger partial charge in [-0.25, -0.2) is 9.78 Å². The first kappa shape index (κ1) is 15.1. The van der Waals surface area contributed by atoms with Crippen molar-refractivity contribution in [3.63, 3.8) is 0 Å². The molecule has 0 saturated carbocycles. The van der Waals surface area contributed by atoms with E-state index in [-0.39, 0.29) is 12.0 Å². The first-order chi connectivity index (χ1) is 11.0. The maximum Gasteiger partial charge on any atom is 0.515 e. The summed E-state index contributed by atoms with van der Waals surface area (Å²) in [4.78, 5) is 19.3. The molecule has 3 aromatic rings. The average molecular weight is 313 g/mol. The van der Waals surface area contributed by atoms with E-state index < -0.39 is 6.16 Å². The zero-order valence-corrected chi connectivity index (χ0v) is 13.3. The van der Waals surface area contributed by atoms with E-state index in [4.69, 9.17) is 15.2 Å². The van der Waals surface area contributed by atoms with Gasteiger partial charge in [-0.3, -0.25) is 0 Å². The molecule has 0 bridgehead atoms. The van der Waals surface area contributed by atoms with Crippen molar-refractivity contribution in [3.8, 4) is 5.88 Å². The molecule has 2 heterocycles. The highest BCUT2D eigenvalue weighted by Gasteiger charge is 2.18. The molecule has 0 saturated heterocycles. The van der Waals surface area contributed by atoms with Gasteiger partial charge in [-0.1, -0.05) is 6.92 Å². The third-order valence-corrected chi connectivity index (χ3v) is 3.59. The van der Waals surface area contributed by atoms with Crippen LogP contribution in [0.3, 0.4) is 0 Å². The standard InChI is InChI=1S/C17H19N3O3/c1-4-11-15-12-7-10(18)5-6-13(12)20-14(15)8-19-16(11)23-17(21)22-9(2)3/h5-9,20H,4,18H2,1-3H3. The monoisotopic (exact) mass is 313 g/mol. The number of pyridine rings is 1. The third kappa shape index (κ3) is 2.79. The number of carbonyl (C=O) groups excluding carboxylic acids is 1. The number of hydrogen-bond acceptors (Lipinski definition) is 5. The lowest BCUT2D eigenvalue weighted by Gasteiger charge is -2.11. The van der Waals surface area contributed by atoms with Gasteiger partial charge < -0.3 is 20.2 Å². The molecule has 0 fully saturated rings. The fraction of sp³-hybridized carbons (Fsp3) is 0.294. The van der Waals surface area contributed by atoms with Crippen LogP contribution in [-0.4, -0.2) is 22.2 Å². The van der Waals surface area contributed by atoms with Gasteiger partial charge in [-0.05, 0) is 38.5 Å². The van der Waals surface area contributed by atoms with Gasteiger partial charge in [-0.15, -0.1) is 0 Å². The highest BCUT2D eigenvalue weighted by molar-refractivity contribution is 6.10. The number of hydrogen-bond donors (Lipinski definition) is 2. The molecule has 3 rings (SSSR count). The van der Waals surface area contributed by atoms with Crippen LogP contribution in [0.15, 0.2) is 24.4 Å². The third-order valence-electron chi connectivity index (χ3n) is 3.59. The summed E-state index contributed by atoms with van der Waals surface area (Å²) < 4.78 is 10.3. The molecule has 2 aromatic heterocycles. The van der Waals surface area contributed by atoms with Gasteiger partial charge in [-0.2, -0.15) is 0 Å². The maximum atomic E-state index is 11.8. The molecule has 0 amide bonds. The van der Waals surface area contributed by atoms with Crippen LogP contribution in [0.4, 0.5) is 10.5 Å². The van der Waals surface area contributed by atoms with E-state index in [0.717, 1.165) is 27.4 Å². The van der Waals surface area contributed by atoms with Crippen LogP contribution >= 0.6 is 0 Å². The van der Waals surface area contributed by atoms with Crippen molar-refractivity contribution in [2.45, 2.75) is 33.3 Å². The van der Waals surface area contributed by atoms with Gasteiger partial charge in [0.05, 0.1) is 17.8 Å². The Bertz CT molecular complexity index is 884. The number of nitrogens with two attached hydrogens (primary N) is 1. The lowest BCUT2D eigenvalue weighted by atomic mass is 10.1. The maximum absolute atomic E-state index is 11.8. The molecule has 0 radical (unpaired) electrons. The van der Waals surface area contributed by atoms with Crippen LogP contribution in [-0.2, 0) is 11.2 Å². The summed E-state index contributed by atoms with van der Waals surface area (Å²) in [5.74, 6) is 0.272. The Morgan fingerprint density at radius 2 is 2.13 bits per heavy atom. The zero-order chi connectivity index (χ0) is 16.6. The number of H-pyrrole nitrogens is 1. The van der Waals surface area contributed by atoms with Crippen LogP contribution in [0.1, 0.15) is 26.3 Å². The molecule has 0 spiro atoms. The number of ether oxygens (including phenoxy) is 2. The van der Waals surface area contributed by atoms with Crippen molar-refractivity contribution in [1.29, 1.82) is 0 Å². The minimum atomic E-state index is -0.749. The minimum Gasteiger partial charge on any atom is -0.431 e.